The molecule has 21 nitrogen and oxygen atoms in total. The normalized spacial score (nSPS) is 12.9. The van der Waals surface area contributed by atoms with Gasteiger partial charge in [-0.2, -0.15) is 0 Å². The van der Waals surface area contributed by atoms with Gasteiger partial charge in [0.15, 0.2) is 5.71 Å². The molecule has 8 rings (SSSR count). The summed E-state index contributed by atoms with van der Waals surface area (Å²) in [5.41, 5.74) is 3.58. The Balaban J connectivity index is 0.0000123. The van der Waals surface area contributed by atoms with Gasteiger partial charge in [-0.1, -0.05) is 60.7 Å². The molecule has 0 saturated carbocycles. The van der Waals surface area contributed by atoms with Crippen molar-refractivity contribution < 1.29 is 53.4 Å². The van der Waals surface area contributed by atoms with E-state index < -0.39 is 18.9 Å². The van der Waals surface area contributed by atoms with Crippen molar-refractivity contribution >= 4 is 74.5 Å². The fourth-order valence-electron chi connectivity index (χ4n) is 11.5. The second kappa shape index (κ2) is 34.3. The van der Waals surface area contributed by atoms with Crippen molar-refractivity contribution in [2.24, 2.45) is 0 Å². The van der Waals surface area contributed by atoms with Crippen molar-refractivity contribution in [3.8, 4) is 0 Å². The number of carbonyl (C=O) groups is 1. The van der Waals surface area contributed by atoms with Gasteiger partial charge in [-0.15, -0.1) is 0 Å². The topological polar surface area (TPSA) is 262 Å². The quantitative estimate of drug-likeness (QED) is 0.0107. The van der Waals surface area contributed by atoms with Crippen LogP contribution in [0.1, 0.15) is 75.6 Å². The molecule has 2 unspecified atom stereocenters. The van der Waals surface area contributed by atoms with E-state index in [0.29, 0.717) is 52.3 Å². The molecule has 6 aromatic carbocycles. The average molecular weight is 1300 g/mol. The number of hydrogen-bond donors (Lipinski definition) is 7. The van der Waals surface area contributed by atoms with Crippen LogP contribution < -0.4 is 96.9 Å². The Hall–Kier alpha value is -7.98. The molecule has 23 heteroatoms. The van der Waals surface area contributed by atoms with Crippen LogP contribution in [-0.2, 0) is 14.7 Å². The summed E-state index contributed by atoms with van der Waals surface area (Å²) in [7, 11) is 2.31. The van der Waals surface area contributed by atoms with Crippen molar-refractivity contribution in [3.05, 3.63) is 215 Å². The summed E-state index contributed by atoms with van der Waals surface area (Å²) in [5.74, 6) is 0. The van der Waals surface area contributed by atoms with E-state index in [2.05, 4.69) is 103 Å². The van der Waals surface area contributed by atoms with Gasteiger partial charge in [-0.25, -0.2) is 0 Å². The Morgan fingerprint density at radius 2 is 0.839 bits per heavy atom. The summed E-state index contributed by atoms with van der Waals surface area (Å²) in [4.78, 5) is 86.0. The summed E-state index contributed by atoms with van der Waals surface area (Å²) in [6, 6.07) is 41.9. The minimum atomic E-state index is -5.46. The molecule has 2 aromatic heterocycles. The number of unbranched alkanes of at least 4 members (excludes halogenated alkanes) is 2. The molecule has 2 atom stereocenters. The number of anilines is 6. The number of fused-ring (bicyclic) bond motifs is 2. The first-order valence-corrected chi connectivity index (χ1v) is 33.2. The van der Waals surface area contributed by atoms with Crippen LogP contribution in [0.15, 0.2) is 171 Å². The number of carboxylic acid groups (broad SMARTS) is 1. The van der Waals surface area contributed by atoms with Gasteiger partial charge in [-0.05, 0) is 185 Å². The molecule has 0 aliphatic carbocycles. The second-order valence-electron chi connectivity index (χ2n) is 23.0. The molecular formula is C70H88N12NaO9P. The number of benzene rings is 6. The number of aromatic amines is 4. The Labute approximate surface area is 566 Å². The molecule has 7 N–H and O–H groups in total. The Kier molecular flexibility index (Phi) is 26.7. The average Bonchev–Trinajstić information content (AvgIpc) is 0.780. The molecular weight excluding hydrogens is 1210 g/mol. The zero-order chi connectivity index (χ0) is 66.0. The number of nitrogens with zero attached hydrogens (tertiary/aromatic N) is 6. The van der Waals surface area contributed by atoms with Gasteiger partial charge in [0.05, 0.1) is 21.5 Å². The van der Waals surface area contributed by atoms with Gasteiger partial charge in [0.1, 0.15) is 5.60 Å². The number of H-pyrrole nitrogens is 4. The van der Waals surface area contributed by atoms with Crippen molar-refractivity contribution in [2.75, 3.05) is 136 Å². The van der Waals surface area contributed by atoms with E-state index in [1.807, 2.05) is 105 Å². The van der Waals surface area contributed by atoms with Crippen LogP contribution in [-0.4, -0.2) is 138 Å². The third-order valence-corrected chi connectivity index (χ3v) is 17.8. The van der Waals surface area contributed by atoms with E-state index in [9.17, 15) is 38.5 Å². The number of aromatic nitrogens is 4. The molecule has 0 radical (unpaired) electrons. The number of carbonyl (C=O) groups excluding carboxylic acids is 1. The number of likely N-dealkylation sites (N-methyl/N-ethyl adjacent to an activating group) is 2. The van der Waals surface area contributed by atoms with Crippen molar-refractivity contribution in [1.82, 2.24) is 31.0 Å². The molecule has 0 aliphatic heterocycles. The fraction of sp³-hybridized carbons (Fsp3) is 0.357. The SMILES string of the molecule is CCN(CCCCNCCN(CC)c1ccc(C(=CC=CC(OP(=O)(O)C(=O)[O-])(c2ccc(N(C)C)cc2)c2ccc(N(CC)CCNCCCCN(CC)c3ccc4c(=O)[nH][nH]c(=O)c4c3)cc2)c2ccc(N(C)C)cc2)cc1)c1ccc2c(=O)[nH][nH]c(=O)c2c1.[Na+]. The summed E-state index contributed by atoms with van der Waals surface area (Å²) in [5, 5.41) is 30.8. The molecule has 0 spiro atoms. The van der Waals surface area contributed by atoms with Gasteiger partial charge in [-0.3, -0.25) is 48.7 Å². The monoisotopic (exact) mass is 1290 g/mol. The molecule has 0 amide bonds. The van der Waals surface area contributed by atoms with E-state index >= 15 is 0 Å². The standard InChI is InChI=1S/C70H89N12O9P.Na/c1-9-79(58-35-37-61-63(48-58)67(85)75-73-65(61)83)44-15-13-40-71-42-46-81(11-3)56-29-21-51(22-30-56)60(50-19-27-54(28-20-50)77(5)6)18-17-39-70(91-92(89,90)69(87)88,52-23-31-55(32-24-52)78(7)8)53-25-33-57(34-26-53)82(12-4)47-43-72-41-14-16-45-80(10-2)59-36-38-62-64(49-59)68(86)76-74-66(62)84;/h17-39,48-49,71-72H,9-16,40-47H2,1-8H3,(H,73,83)(H,74,84)(H,75,85)(H,76,86)(H,87,88)(H,89,90);/q;+1/p-1. The van der Waals surface area contributed by atoms with Gasteiger partial charge in [0, 0.05) is 128 Å². The molecule has 0 fully saturated rings. The summed E-state index contributed by atoms with van der Waals surface area (Å²) < 4.78 is 19.9. The summed E-state index contributed by atoms with van der Waals surface area (Å²) >= 11 is 0. The zero-order valence-electron chi connectivity index (χ0n) is 55.1. The molecule has 0 saturated heterocycles. The van der Waals surface area contributed by atoms with E-state index in [1.165, 1.54) is 0 Å². The van der Waals surface area contributed by atoms with E-state index in [-0.39, 0.29) is 51.8 Å². The van der Waals surface area contributed by atoms with Gasteiger partial charge < -0.3 is 54.8 Å². The smallest absolute Gasteiger partial charge is 0.538 e. The van der Waals surface area contributed by atoms with Crippen LogP contribution in [0.3, 0.4) is 0 Å². The first kappa shape index (κ1) is 72.4. The van der Waals surface area contributed by atoms with Crippen LogP contribution in [0, 0.1) is 0 Å². The van der Waals surface area contributed by atoms with E-state index in [0.717, 1.165) is 135 Å². The predicted molar refractivity (Wildman–Crippen MR) is 374 cm³/mol. The van der Waals surface area contributed by atoms with Crippen LogP contribution in [0.4, 0.5) is 38.9 Å². The second-order valence-corrected chi connectivity index (χ2v) is 24.6. The summed E-state index contributed by atoms with van der Waals surface area (Å²) in [6.45, 7) is 17.4. The minimum Gasteiger partial charge on any atom is -0.538 e. The number of hydrogen-bond acceptors (Lipinski definition) is 16. The maximum absolute atomic E-state index is 13.8. The Bertz CT molecular complexity index is 4100. The van der Waals surface area contributed by atoms with Crippen LogP contribution in [0.25, 0.3) is 27.1 Å². The maximum Gasteiger partial charge on any atom is 1.00 e. The Morgan fingerprint density at radius 1 is 0.495 bits per heavy atom. The first-order valence-electron chi connectivity index (χ1n) is 31.6. The molecule has 0 aliphatic rings. The van der Waals surface area contributed by atoms with Gasteiger partial charge in [0.2, 0.25) is 0 Å². The van der Waals surface area contributed by atoms with E-state index in [4.69, 9.17) is 4.52 Å². The zero-order valence-corrected chi connectivity index (χ0v) is 58.0. The Morgan fingerprint density at radius 3 is 1.22 bits per heavy atom. The molecule has 0 bridgehead atoms. The molecule has 8 aromatic rings. The maximum atomic E-state index is 13.8. The summed E-state index contributed by atoms with van der Waals surface area (Å²) in [6.07, 6.45) is 9.02. The fourth-order valence-corrected chi connectivity index (χ4v) is 12.2. The van der Waals surface area contributed by atoms with Crippen molar-refractivity contribution in [2.45, 2.75) is 59.0 Å². The number of nitrogens with one attached hydrogen (secondary N) is 6. The number of rotatable bonds is 35. The number of allylic oxidation sites excluding steroid dienone is 2. The van der Waals surface area contributed by atoms with Crippen LogP contribution >= 0.6 is 7.60 Å². The molecule has 2 heterocycles. The minimum absolute atomic E-state index is 0. The molecule has 488 valence electrons. The first-order chi connectivity index (χ1) is 44.3. The van der Waals surface area contributed by atoms with Crippen LogP contribution in [0.5, 0.6) is 0 Å². The van der Waals surface area contributed by atoms with E-state index in [1.54, 1.807) is 60.7 Å². The largest absolute Gasteiger partial charge is 1.00 e. The predicted octanol–water partition coefficient (Wildman–Crippen LogP) is 5.80. The third kappa shape index (κ3) is 18.5. The van der Waals surface area contributed by atoms with Gasteiger partial charge >= 0.3 is 37.2 Å². The van der Waals surface area contributed by atoms with Crippen molar-refractivity contribution in [3.63, 3.8) is 0 Å². The van der Waals surface area contributed by atoms with Crippen LogP contribution in [0.2, 0.25) is 0 Å². The molecule has 93 heavy (non-hydrogen) atoms. The van der Waals surface area contributed by atoms with Crippen molar-refractivity contribution in [1.29, 1.82) is 0 Å². The van der Waals surface area contributed by atoms with Gasteiger partial charge in [0.25, 0.3) is 22.2 Å². The third-order valence-electron chi connectivity index (χ3n) is 16.8.